The Morgan fingerprint density at radius 3 is 2.25 bits per heavy atom. The third-order valence-electron chi connectivity index (χ3n) is 1.85. The van der Waals surface area contributed by atoms with Crippen LogP contribution in [0, 0.1) is 5.41 Å². The summed E-state index contributed by atoms with van der Waals surface area (Å²) in [5.74, 6) is 0. The van der Waals surface area contributed by atoms with Crippen LogP contribution in [0.25, 0.3) is 0 Å². The smallest absolute Gasteiger partial charge is 0.129 e. The Morgan fingerprint density at radius 2 is 2.25 bits per heavy atom. The van der Waals surface area contributed by atoms with E-state index < -0.39 is 11.6 Å². The number of carbonyl (C=O) groups is 1. The van der Waals surface area contributed by atoms with Crippen molar-refractivity contribution in [1.82, 2.24) is 0 Å². The van der Waals surface area contributed by atoms with Gasteiger partial charge in [0.1, 0.15) is 12.5 Å². The molecule has 0 radical (unpaired) electrons. The van der Waals surface area contributed by atoms with Crippen LogP contribution in [-0.4, -0.2) is 12.5 Å². The molecule has 1 rings (SSSR count). The van der Waals surface area contributed by atoms with Crippen molar-refractivity contribution in [3.8, 4) is 0 Å². The van der Waals surface area contributed by atoms with Gasteiger partial charge in [0.2, 0.25) is 0 Å². The zero-order valence-electron chi connectivity index (χ0n) is 4.86. The molecule has 0 spiro atoms. The molecule has 0 aromatic heterocycles. The average molecular weight is 116 g/mol. The minimum atomic E-state index is -0.944. The van der Waals surface area contributed by atoms with Crippen LogP contribution in [0.2, 0.25) is 0 Å². The molecule has 0 aliphatic heterocycles. The van der Waals surface area contributed by atoms with Gasteiger partial charge in [0.05, 0.1) is 5.41 Å². The molecular formula is C6H9FO. The fourth-order valence-electron chi connectivity index (χ4n) is 0.754. The first kappa shape index (κ1) is 5.73. The van der Waals surface area contributed by atoms with E-state index in [1.54, 1.807) is 0 Å². The molecule has 46 valence electrons. The number of hydrogen-bond acceptors (Lipinski definition) is 1. The highest BCUT2D eigenvalue weighted by molar-refractivity contribution is 5.64. The lowest BCUT2D eigenvalue weighted by Gasteiger charge is -2.04. The highest BCUT2D eigenvalue weighted by Crippen LogP contribution is 2.47. The number of alkyl halides is 1. The topological polar surface area (TPSA) is 17.1 Å². The summed E-state index contributed by atoms with van der Waals surface area (Å²) in [7, 11) is 0. The molecule has 1 atom stereocenters. The standard InChI is InChI=1S/C6H9FO/c1-5(7)6(4-8)2-3-6/h4-5H,2-3H2,1H3. The first-order valence-corrected chi connectivity index (χ1v) is 2.82. The molecule has 0 N–H and O–H groups in total. The van der Waals surface area contributed by atoms with E-state index in [1.807, 2.05) is 0 Å². The highest BCUT2D eigenvalue weighted by atomic mass is 19.1. The van der Waals surface area contributed by atoms with Crippen LogP contribution in [0.4, 0.5) is 4.39 Å². The summed E-state index contributed by atoms with van der Waals surface area (Å²) < 4.78 is 12.3. The Bertz CT molecular complexity index is 105. The quantitative estimate of drug-likeness (QED) is 0.497. The molecular weight excluding hydrogens is 107 g/mol. The Labute approximate surface area is 47.9 Å². The minimum absolute atomic E-state index is 0.556. The van der Waals surface area contributed by atoms with Crippen molar-refractivity contribution in [2.24, 2.45) is 5.41 Å². The van der Waals surface area contributed by atoms with E-state index >= 15 is 0 Å². The molecule has 0 amide bonds. The van der Waals surface area contributed by atoms with E-state index in [4.69, 9.17) is 0 Å². The number of hydrogen-bond donors (Lipinski definition) is 0. The summed E-state index contributed by atoms with van der Waals surface area (Å²) in [5.41, 5.74) is -0.556. The predicted octanol–water partition coefficient (Wildman–Crippen LogP) is 1.32. The lowest BCUT2D eigenvalue weighted by Crippen LogP contribution is -2.14. The van der Waals surface area contributed by atoms with E-state index in [-0.39, 0.29) is 0 Å². The van der Waals surface area contributed by atoms with Crippen molar-refractivity contribution >= 4 is 6.29 Å². The van der Waals surface area contributed by atoms with E-state index in [2.05, 4.69) is 0 Å². The maximum absolute atomic E-state index is 12.3. The van der Waals surface area contributed by atoms with E-state index in [0.29, 0.717) is 0 Å². The number of halogens is 1. The molecule has 0 aromatic rings. The summed E-state index contributed by atoms with van der Waals surface area (Å²) in [4.78, 5) is 10.1. The van der Waals surface area contributed by atoms with Crippen LogP contribution in [-0.2, 0) is 4.79 Å². The fourth-order valence-corrected chi connectivity index (χ4v) is 0.754. The maximum atomic E-state index is 12.3. The van der Waals surface area contributed by atoms with Crippen molar-refractivity contribution in [1.29, 1.82) is 0 Å². The monoisotopic (exact) mass is 116 g/mol. The van der Waals surface area contributed by atoms with Crippen LogP contribution < -0.4 is 0 Å². The third-order valence-corrected chi connectivity index (χ3v) is 1.85. The molecule has 0 heterocycles. The number of carbonyl (C=O) groups excluding carboxylic acids is 1. The van der Waals surface area contributed by atoms with Gasteiger partial charge in [0.25, 0.3) is 0 Å². The summed E-state index contributed by atoms with van der Waals surface area (Å²) in [6.07, 6.45) is 1.29. The summed E-state index contributed by atoms with van der Waals surface area (Å²) in [5, 5.41) is 0. The van der Waals surface area contributed by atoms with Gasteiger partial charge in [0.15, 0.2) is 0 Å². The Balaban J connectivity index is 2.53. The number of rotatable bonds is 2. The average Bonchev–Trinajstić information content (AvgIpc) is 2.44. The molecule has 0 aromatic carbocycles. The molecule has 1 nitrogen and oxygen atoms in total. The van der Waals surface area contributed by atoms with Crippen molar-refractivity contribution in [2.45, 2.75) is 25.9 Å². The summed E-state index contributed by atoms with van der Waals surface area (Å²) in [6.45, 7) is 1.45. The molecule has 0 saturated heterocycles. The molecule has 1 saturated carbocycles. The lowest BCUT2D eigenvalue weighted by molar-refractivity contribution is -0.114. The summed E-state index contributed by atoms with van der Waals surface area (Å²) in [6, 6.07) is 0. The zero-order valence-corrected chi connectivity index (χ0v) is 4.86. The Hall–Kier alpha value is -0.400. The molecule has 1 fully saturated rings. The van der Waals surface area contributed by atoms with Crippen molar-refractivity contribution in [3.05, 3.63) is 0 Å². The fraction of sp³-hybridized carbons (Fsp3) is 0.833. The summed E-state index contributed by atoms with van der Waals surface area (Å²) >= 11 is 0. The van der Waals surface area contributed by atoms with Gasteiger partial charge < -0.3 is 4.79 Å². The van der Waals surface area contributed by atoms with Gasteiger partial charge in [0, 0.05) is 0 Å². The van der Waals surface area contributed by atoms with Gasteiger partial charge in [-0.15, -0.1) is 0 Å². The zero-order chi connectivity index (χ0) is 6.20. The minimum Gasteiger partial charge on any atom is -0.303 e. The Kier molecular flexibility index (Phi) is 1.10. The van der Waals surface area contributed by atoms with Crippen LogP contribution in [0.5, 0.6) is 0 Å². The molecule has 0 bridgehead atoms. The predicted molar refractivity (Wildman–Crippen MR) is 28.3 cm³/mol. The molecule has 8 heavy (non-hydrogen) atoms. The second kappa shape index (κ2) is 1.54. The molecule has 1 aliphatic rings. The normalized spacial score (nSPS) is 26.8. The largest absolute Gasteiger partial charge is 0.303 e. The van der Waals surface area contributed by atoms with Crippen LogP contribution in [0.3, 0.4) is 0 Å². The third kappa shape index (κ3) is 0.641. The number of aldehydes is 1. The van der Waals surface area contributed by atoms with Gasteiger partial charge >= 0.3 is 0 Å². The second-order valence-corrected chi connectivity index (χ2v) is 2.47. The van der Waals surface area contributed by atoms with E-state index in [9.17, 15) is 9.18 Å². The van der Waals surface area contributed by atoms with Crippen LogP contribution in [0.1, 0.15) is 19.8 Å². The van der Waals surface area contributed by atoms with Gasteiger partial charge in [-0.05, 0) is 19.8 Å². The molecule has 2 heteroatoms. The van der Waals surface area contributed by atoms with Crippen LogP contribution >= 0.6 is 0 Å². The Morgan fingerprint density at radius 1 is 1.75 bits per heavy atom. The van der Waals surface area contributed by atoms with E-state index in [0.717, 1.165) is 19.1 Å². The first-order valence-electron chi connectivity index (χ1n) is 2.82. The lowest BCUT2D eigenvalue weighted by atomic mass is 10.1. The van der Waals surface area contributed by atoms with Gasteiger partial charge in [-0.25, -0.2) is 4.39 Å². The van der Waals surface area contributed by atoms with Crippen molar-refractivity contribution < 1.29 is 9.18 Å². The van der Waals surface area contributed by atoms with Gasteiger partial charge in [-0.3, -0.25) is 0 Å². The van der Waals surface area contributed by atoms with E-state index in [1.165, 1.54) is 6.92 Å². The van der Waals surface area contributed by atoms with Crippen molar-refractivity contribution in [3.63, 3.8) is 0 Å². The maximum Gasteiger partial charge on any atom is 0.129 e. The van der Waals surface area contributed by atoms with Gasteiger partial charge in [-0.2, -0.15) is 0 Å². The highest BCUT2D eigenvalue weighted by Gasteiger charge is 2.47. The van der Waals surface area contributed by atoms with Gasteiger partial charge in [-0.1, -0.05) is 0 Å². The SMILES string of the molecule is CC(F)C1(C=O)CC1. The van der Waals surface area contributed by atoms with Crippen molar-refractivity contribution in [2.75, 3.05) is 0 Å². The molecule has 1 unspecified atom stereocenters. The second-order valence-electron chi connectivity index (χ2n) is 2.47. The molecule has 1 aliphatic carbocycles. The van der Waals surface area contributed by atoms with Crippen LogP contribution in [0.15, 0.2) is 0 Å². The first-order chi connectivity index (χ1) is 3.71.